The highest BCUT2D eigenvalue weighted by Gasteiger charge is 2.09. The SMILES string of the molecule is Nc1ccccc1NC(=O)c1ccc(-c2ncccc2Cl)cc1. The average molecular weight is 324 g/mol. The molecule has 1 heterocycles. The van der Waals surface area contributed by atoms with Crippen molar-refractivity contribution in [1.29, 1.82) is 0 Å². The second kappa shape index (κ2) is 6.50. The quantitative estimate of drug-likeness (QED) is 0.708. The largest absolute Gasteiger partial charge is 0.397 e. The Balaban J connectivity index is 1.81. The minimum Gasteiger partial charge on any atom is -0.397 e. The van der Waals surface area contributed by atoms with Crippen LogP contribution in [0.15, 0.2) is 66.9 Å². The number of nitrogen functional groups attached to an aromatic ring is 1. The molecule has 0 aliphatic heterocycles. The molecule has 0 spiro atoms. The van der Waals surface area contributed by atoms with Gasteiger partial charge in [-0.2, -0.15) is 0 Å². The lowest BCUT2D eigenvalue weighted by molar-refractivity contribution is 0.102. The molecule has 3 N–H and O–H groups in total. The van der Waals surface area contributed by atoms with Crippen molar-refractivity contribution in [3.8, 4) is 11.3 Å². The zero-order valence-corrected chi connectivity index (χ0v) is 12.9. The van der Waals surface area contributed by atoms with Crippen LogP contribution in [-0.4, -0.2) is 10.9 Å². The molecular weight excluding hydrogens is 310 g/mol. The maximum Gasteiger partial charge on any atom is 0.255 e. The van der Waals surface area contributed by atoms with Gasteiger partial charge in [0.05, 0.1) is 22.1 Å². The molecule has 0 fully saturated rings. The van der Waals surface area contributed by atoms with Crippen molar-refractivity contribution in [2.45, 2.75) is 0 Å². The Hall–Kier alpha value is -2.85. The third-order valence-electron chi connectivity index (χ3n) is 3.39. The van der Waals surface area contributed by atoms with Gasteiger partial charge in [0, 0.05) is 17.3 Å². The molecule has 0 aliphatic carbocycles. The Bertz CT molecular complexity index is 847. The van der Waals surface area contributed by atoms with E-state index in [1.54, 1.807) is 42.6 Å². The highest BCUT2D eigenvalue weighted by molar-refractivity contribution is 6.33. The summed E-state index contributed by atoms with van der Waals surface area (Å²) in [6, 6.07) is 17.8. The van der Waals surface area contributed by atoms with Gasteiger partial charge in [-0.15, -0.1) is 0 Å². The number of nitrogens with one attached hydrogen (secondary N) is 1. The second-order valence-electron chi connectivity index (χ2n) is 4.95. The van der Waals surface area contributed by atoms with Crippen molar-refractivity contribution >= 4 is 28.9 Å². The third kappa shape index (κ3) is 3.33. The summed E-state index contributed by atoms with van der Waals surface area (Å²) in [6.07, 6.45) is 1.68. The highest BCUT2D eigenvalue weighted by atomic mass is 35.5. The predicted octanol–water partition coefficient (Wildman–Crippen LogP) is 4.24. The fraction of sp³-hybridized carbons (Fsp3) is 0. The number of halogens is 1. The number of carbonyl (C=O) groups excluding carboxylic acids is 1. The van der Waals surface area contributed by atoms with E-state index in [9.17, 15) is 4.79 Å². The predicted molar refractivity (Wildman–Crippen MR) is 93.5 cm³/mol. The van der Waals surface area contributed by atoms with E-state index in [1.807, 2.05) is 24.3 Å². The molecule has 4 nitrogen and oxygen atoms in total. The standard InChI is InChI=1S/C18H14ClN3O/c19-14-4-3-11-21-17(14)12-7-9-13(10-8-12)18(23)22-16-6-2-1-5-15(16)20/h1-11H,20H2,(H,22,23). The maximum atomic E-state index is 12.3. The van der Waals surface area contributed by atoms with Crippen molar-refractivity contribution in [3.05, 3.63) is 77.4 Å². The highest BCUT2D eigenvalue weighted by Crippen LogP contribution is 2.25. The molecule has 5 heteroatoms. The number of hydrogen-bond donors (Lipinski definition) is 2. The summed E-state index contributed by atoms with van der Waals surface area (Å²) in [5.41, 5.74) is 9.02. The molecule has 0 aliphatic rings. The Kier molecular flexibility index (Phi) is 4.26. The molecule has 0 bridgehead atoms. The number of rotatable bonds is 3. The first-order chi connectivity index (χ1) is 11.1. The topological polar surface area (TPSA) is 68.0 Å². The van der Waals surface area contributed by atoms with Crippen LogP contribution in [0.3, 0.4) is 0 Å². The number of carbonyl (C=O) groups is 1. The van der Waals surface area contributed by atoms with E-state index in [1.165, 1.54) is 0 Å². The van der Waals surface area contributed by atoms with Crippen LogP contribution in [-0.2, 0) is 0 Å². The van der Waals surface area contributed by atoms with E-state index in [2.05, 4.69) is 10.3 Å². The first kappa shape index (κ1) is 15.1. The minimum atomic E-state index is -0.221. The average Bonchev–Trinajstić information content (AvgIpc) is 2.57. The van der Waals surface area contributed by atoms with Gasteiger partial charge in [0.1, 0.15) is 0 Å². The number of aromatic nitrogens is 1. The molecule has 114 valence electrons. The lowest BCUT2D eigenvalue weighted by Gasteiger charge is -2.08. The zero-order valence-electron chi connectivity index (χ0n) is 12.2. The lowest BCUT2D eigenvalue weighted by atomic mass is 10.1. The summed E-state index contributed by atoms with van der Waals surface area (Å²) in [5, 5.41) is 3.36. The van der Waals surface area contributed by atoms with Crippen LogP contribution in [0.5, 0.6) is 0 Å². The fourth-order valence-corrected chi connectivity index (χ4v) is 2.41. The number of nitrogens with zero attached hydrogens (tertiary/aromatic N) is 1. The smallest absolute Gasteiger partial charge is 0.255 e. The van der Waals surface area contributed by atoms with E-state index in [-0.39, 0.29) is 5.91 Å². The van der Waals surface area contributed by atoms with Crippen molar-refractivity contribution in [2.75, 3.05) is 11.1 Å². The van der Waals surface area contributed by atoms with Crippen molar-refractivity contribution in [2.24, 2.45) is 0 Å². The van der Waals surface area contributed by atoms with Gasteiger partial charge in [0.2, 0.25) is 0 Å². The van der Waals surface area contributed by atoms with Gasteiger partial charge in [-0.25, -0.2) is 0 Å². The Labute approximate surface area is 138 Å². The molecule has 0 saturated carbocycles. The summed E-state index contributed by atoms with van der Waals surface area (Å²) >= 11 is 6.13. The Morgan fingerprint density at radius 1 is 1.00 bits per heavy atom. The number of hydrogen-bond acceptors (Lipinski definition) is 3. The number of amides is 1. The molecular formula is C18H14ClN3O. The van der Waals surface area contributed by atoms with E-state index >= 15 is 0 Å². The zero-order chi connectivity index (χ0) is 16.2. The molecule has 1 aromatic heterocycles. The maximum absolute atomic E-state index is 12.3. The Morgan fingerprint density at radius 3 is 2.43 bits per heavy atom. The van der Waals surface area contributed by atoms with Crippen LogP contribution in [0.2, 0.25) is 5.02 Å². The number of pyridine rings is 1. The molecule has 0 atom stereocenters. The molecule has 2 aromatic carbocycles. The number of benzene rings is 2. The number of anilines is 2. The number of nitrogens with two attached hydrogens (primary N) is 1. The van der Waals surface area contributed by atoms with Gasteiger partial charge in [-0.3, -0.25) is 9.78 Å². The summed E-state index contributed by atoms with van der Waals surface area (Å²) in [5.74, 6) is -0.221. The second-order valence-corrected chi connectivity index (χ2v) is 5.36. The van der Waals surface area contributed by atoms with Gasteiger partial charge in [-0.05, 0) is 36.4 Å². The van der Waals surface area contributed by atoms with Gasteiger partial charge in [0.15, 0.2) is 0 Å². The molecule has 23 heavy (non-hydrogen) atoms. The van der Waals surface area contributed by atoms with Crippen LogP contribution in [0.4, 0.5) is 11.4 Å². The molecule has 0 radical (unpaired) electrons. The molecule has 3 aromatic rings. The first-order valence-corrected chi connectivity index (χ1v) is 7.40. The molecule has 0 unspecified atom stereocenters. The Morgan fingerprint density at radius 2 is 1.74 bits per heavy atom. The summed E-state index contributed by atoms with van der Waals surface area (Å²) in [6.45, 7) is 0. The van der Waals surface area contributed by atoms with Gasteiger partial charge in [0.25, 0.3) is 5.91 Å². The summed E-state index contributed by atoms with van der Waals surface area (Å²) < 4.78 is 0. The van der Waals surface area contributed by atoms with Gasteiger partial charge >= 0.3 is 0 Å². The van der Waals surface area contributed by atoms with Crippen LogP contribution < -0.4 is 11.1 Å². The number of para-hydroxylation sites is 2. The van der Waals surface area contributed by atoms with Crippen molar-refractivity contribution < 1.29 is 4.79 Å². The normalized spacial score (nSPS) is 10.3. The van der Waals surface area contributed by atoms with Crippen molar-refractivity contribution in [1.82, 2.24) is 4.98 Å². The van der Waals surface area contributed by atoms with Gasteiger partial charge in [-0.1, -0.05) is 35.9 Å². The van der Waals surface area contributed by atoms with E-state index in [0.29, 0.717) is 27.7 Å². The third-order valence-corrected chi connectivity index (χ3v) is 3.69. The molecule has 3 rings (SSSR count). The van der Waals surface area contributed by atoms with Crippen LogP contribution in [0, 0.1) is 0 Å². The molecule has 0 saturated heterocycles. The first-order valence-electron chi connectivity index (χ1n) is 7.02. The summed E-state index contributed by atoms with van der Waals surface area (Å²) in [7, 11) is 0. The lowest BCUT2D eigenvalue weighted by Crippen LogP contribution is -2.13. The minimum absolute atomic E-state index is 0.221. The van der Waals surface area contributed by atoms with E-state index in [4.69, 9.17) is 17.3 Å². The van der Waals surface area contributed by atoms with Crippen LogP contribution in [0.25, 0.3) is 11.3 Å². The van der Waals surface area contributed by atoms with Gasteiger partial charge < -0.3 is 11.1 Å². The molecule has 1 amide bonds. The summed E-state index contributed by atoms with van der Waals surface area (Å²) in [4.78, 5) is 16.5. The fourth-order valence-electron chi connectivity index (χ4n) is 2.18. The van der Waals surface area contributed by atoms with Crippen LogP contribution in [0.1, 0.15) is 10.4 Å². The van der Waals surface area contributed by atoms with E-state index in [0.717, 1.165) is 5.56 Å². The monoisotopic (exact) mass is 323 g/mol. The van der Waals surface area contributed by atoms with E-state index < -0.39 is 0 Å². The van der Waals surface area contributed by atoms with Crippen LogP contribution >= 0.6 is 11.6 Å². The van der Waals surface area contributed by atoms with Crippen molar-refractivity contribution in [3.63, 3.8) is 0 Å².